The number of methoxy groups -OCH3 is 1. The van der Waals surface area contributed by atoms with Crippen molar-refractivity contribution in [1.82, 2.24) is 0 Å². The molecule has 7 heteroatoms. The lowest BCUT2D eigenvalue weighted by Gasteiger charge is -2.30. The van der Waals surface area contributed by atoms with Gasteiger partial charge in [-0.2, -0.15) is 0 Å². The van der Waals surface area contributed by atoms with Crippen molar-refractivity contribution < 1.29 is 17.9 Å². The molecule has 0 radical (unpaired) electrons. The van der Waals surface area contributed by atoms with Gasteiger partial charge < -0.3 is 4.74 Å². The van der Waals surface area contributed by atoms with Gasteiger partial charge in [0.15, 0.2) is 0 Å². The molecule has 0 fully saturated rings. The van der Waals surface area contributed by atoms with Crippen LogP contribution in [0.2, 0.25) is 0 Å². The molecule has 122 valence electrons. The molecule has 1 aliphatic heterocycles. The number of carbonyl (C=O) groups excluding carboxylic acids is 1. The lowest BCUT2D eigenvalue weighted by atomic mass is 10.0. The monoisotopic (exact) mass is 351 g/mol. The first kappa shape index (κ1) is 16.0. The fraction of sp³-hybridized carbons (Fsp3) is 0.312. The fourth-order valence-electron chi connectivity index (χ4n) is 2.80. The van der Waals surface area contributed by atoms with E-state index in [2.05, 4.69) is 0 Å². The van der Waals surface area contributed by atoms with E-state index >= 15 is 0 Å². The fourth-order valence-corrected chi connectivity index (χ4v) is 5.65. The van der Waals surface area contributed by atoms with Crippen LogP contribution >= 0.6 is 11.3 Å². The Bertz CT molecular complexity index is 855. The van der Waals surface area contributed by atoms with E-state index in [1.165, 1.54) is 17.5 Å². The van der Waals surface area contributed by atoms with Crippen molar-refractivity contribution in [2.45, 2.75) is 24.7 Å². The molecule has 1 aromatic carbocycles. The summed E-state index contributed by atoms with van der Waals surface area (Å²) in [6, 6.07) is 7.23. The Labute approximate surface area is 139 Å². The largest absolute Gasteiger partial charge is 0.465 e. The Morgan fingerprint density at radius 3 is 2.83 bits per heavy atom. The maximum atomic E-state index is 13.1. The van der Waals surface area contributed by atoms with Gasteiger partial charge in [0.2, 0.25) is 0 Å². The standard InChI is InChI=1S/C16H17NO4S2/c1-11-5-6-13-12(10-11)4-3-8-17(13)23(19,20)14-7-9-22-15(14)16(18)21-2/h5-7,9-10H,3-4,8H2,1-2H3. The maximum Gasteiger partial charge on any atom is 0.349 e. The number of aryl methyl sites for hydroxylation is 2. The lowest BCUT2D eigenvalue weighted by Crippen LogP contribution is -2.36. The number of sulfonamides is 1. The third-order valence-corrected chi connectivity index (χ3v) is 6.76. The Morgan fingerprint density at radius 1 is 1.30 bits per heavy atom. The molecule has 0 bridgehead atoms. The summed E-state index contributed by atoms with van der Waals surface area (Å²) in [4.78, 5) is 12.0. The van der Waals surface area contributed by atoms with Crippen LogP contribution in [0.4, 0.5) is 5.69 Å². The first-order chi connectivity index (χ1) is 10.9. The van der Waals surface area contributed by atoms with Gasteiger partial charge in [-0.15, -0.1) is 11.3 Å². The summed E-state index contributed by atoms with van der Waals surface area (Å²) in [5.41, 5.74) is 2.83. The second-order valence-corrected chi connectivity index (χ2v) is 8.17. The molecule has 0 spiro atoms. The smallest absolute Gasteiger partial charge is 0.349 e. The number of carbonyl (C=O) groups is 1. The molecule has 3 rings (SSSR count). The van der Waals surface area contributed by atoms with Gasteiger partial charge in [0.25, 0.3) is 10.0 Å². The van der Waals surface area contributed by atoms with E-state index in [1.807, 2.05) is 25.1 Å². The van der Waals surface area contributed by atoms with Crippen LogP contribution in [-0.2, 0) is 21.2 Å². The van der Waals surface area contributed by atoms with E-state index in [0.717, 1.165) is 35.3 Å². The predicted molar refractivity (Wildman–Crippen MR) is 89.7 cm³/mol. The number of ether oxygens (including phenoxy) is 1. The first-order valence-electron chi connectivity index (χ1n) is 7.23. The highest BCUT2D eigenvalue weighted by molar-refractivity contribution is 7.93. The summed E-state index contributed by atoms with van der Waals surface area (Å²) in [7, 11) is -2.54. The highest BCUT2D eigenvalue weighted by atomic mass is 32.2. The normalized spacial score (nSPS) is 14.4. The van der Waals surface area contributed by atoms with Gasteiger partial charge in [-0.1, -0.05) is 17.7 Å². The van der Waals surface area contributed by atoms with Crippen LogP contribution in [0, 0.1) is 6.92 Å². The number of hydrogen-bond donors (Lipinski definition) is 0. The molecule has 0 N–H and O–H groups in total. The highest BCUT2D eigenvalue weighted by Gasteiger charge is 2.33. The van der Waals surface area contributed by atoms with Gasteiger partial charge in [-0.3, -0.25) is 4.31 Å². The van der Waals surface area contributed by atoms with Gasteiger partial charge >= 0.3 is 5.97 Å². The molecule has 1 aliphatic rings. The molecule has 0 amide bonds. The Balaban J connectivity index is 2.09. The molecule has 5 nitrogen and oxygen atoms in total. The Morgan fingerprint density at radius 2 is 2.09 bits per heavy atom. The summed E-state index contributed by atoms with van der Waals surface area (Å²) in [6.07, 6.45) is 1.61. The Hall–Kier alpha value is -1.86. The van der Waals surface area contributed by atoms with E-state index in [-0.39, 0.29) is 9.77 Å². The average molecular weight is 351 g/mol. The molecule has 1 aromatic heterocycles. The average Bonchev–Trinajstić information content (AvgIpc) is 3.03. The molecule has 2 aromatic rings. The van der Waals surface area contributed by atoms with Crippen LogP contribution in [0.3, 0.4) is 0 Å². The molecule has 0 saturated heterocycles. The third-order valence-electron chi connectivity index (χ3n) is 3.88. The number of hydrogen-bond acceptors (Lipinski definition) is 5. The van der Waals surface area contributed by atoms with Crippen LogP contribution in [0.15, 0.2) is 34.5 Å². The number of anilines is 1. The van der Waals surface area contributed by atoms with Gasteiger partial charge in [0, 0.05) is 6.54 Å². The zero-order valence-electron chi connectivity index (χ0n) is 12.9. The number of benzene rings is 1. The van der Waals surface area contributed by atoms with Crippen molar-refractivity contribution >= 4 is 33.0 Å². The van der Waals surface area contributed by atoms with E-state index in [0.29, 0.717) is 12.2 Å². The number of thiophene rings is 1. The SMILES string of the molecule is COC(=O)c1sccc1S(=O)(=O)N1CCCc2cc(C)ccc21. The van der Waals surface area contributed by atoms with Gasteiger partial charge in [0.1, 0.15) is 9.77 Å². The van der Waals surface area contributed by atoms with Crippen molar-refractivity contribution in [3.05, 3.63) is 45.6 Å². The van der Waals surface area contributed by atoms with E-state index < -0.39 is 16.0 Å². The molecule has 0 atom stereocenters. The van der Waals surface area contributed by atoms with Crippen molar-refractivity contribution in [2.24, 2.45) is 0 Å². The van der Waals surface area contributed by atoms with Crippen LogP contribution < -0.4 is 4.31 Å². The maximum absolute atomic E-state index is 13.1. The quantitative estimate of drug-likeness (QED) is 0.798. The van der Waals surface area contributed by atoms with Crippen molar-refractivity contribution in [3.63, 3.8) is 0 Å². The first-order valence-corrected chi connectivity index (χ1v) is 9.55. The van der Waals surface area contributed by atoms with Gasteiger partial charge in [0.05, 0.1) is 12.8 Å². The van der Waals surface area contributed by atoms with Crippen molar-refractivity contribution in [3.8, 4) is 0 Å². The van der Waals surface area contributed by atoms with Crippen molar-refractivity contribution in [1.29, 1.82) is 0 Å². The van der Waals surface area contributed by atoms with Gasteiger partial charge in [-0.05, 0) is 42.8 Å². The zero-order valence-corrected chi connectivity index (χ0v) is 14.5. The number of esters is 1. The lowest BCUT2D eigenvalue weighted by molar-refractivity contribution is 0.0602. The zero-order chi connectivity index (χ0) is 16.6. The summed E-state index contributed by atoms with van der Waals surface area (Å²) in [5, 5.41) is 1.60. The second kappa shape index (κ2) is 5.98. The molecule has 0 aliphatic carbocycles. The minimum atomic E-state index is -3.79. The summed E-state index contributed by atoms with van der Waals surface area (Å²) >= 11 is 1.08. The minimum absolute atomic E-state index is 0.0165. The van der Waals surface area contributed by atoms with Crippen molar-refractivity contribution in [2.75, 3.05) is 18.0 Å². The molecule has 0 unspecified atom stereocenters. The number of fused-ring (bicyclic) bond motifs is 1. The predicted octanol–water partition coefficient (Wildman–Crippen LogP) is 2.98. The van der Waals surface area contributed by atoms with E-state index in [9.17, 15) is 13.2 Å². The number of rotatable bonds is 3. The topological polar surface area (TPSA) is 63.7 Å². The molecule has 23 heavy (non-hydrogen) atoms. The van der Waals surface area contributed by atoms with Crippen LogP contribution in [0.25, 0.3) is 0 Å². The number of nitrogens with zero attached hydrogens (tertiary/aromatic N) is 1. The molecule has 0 saturated carbocycles. The summed E-state index contributed by atoms with van der Waals surface area (Å²) < 4.78 is 32.2. The molecular weight excluding hydrogens is 334 g/mol. The van der Waals surface area contributed by atoms with Crippen LogP contribution in [0.1, 0.15) is 27.2 Å². The highest BCUT2D eigenvalue weighted by Crippen LogP contribution is 2.34. The third kappa shape index (κ3) is 2.74. The summed E-state index contributed by atoms with van der Waals surface area (Å²) in [6.45, 7) is 2.40. The molecule has 2 heterocycles. The van der Waals surface area contributed by atoms with E-state index in [1.54, 1.807) is 5.38 Å². The summed E-state index contributed by atoms with van der Waals surface area (Å²) in [5.74, 6) is -0.625. The van der Waals surface area contributed by atoms with E-state index in [4.69, 9.17) is 4.74 Å². The molecular formula is C16H17NO4S2. The van der Waals surface area contributed by atoms with Crippen LogP contribution in [0.5, 0.6) is 0 Å². The Kier molecular flexibility index (Phi) is 4.16. The van der Waals surface area contributed by atoms with Crippen LogP contribution in [-0.4, -0.2) is 28.0 Å². The minimum Gasteiger partial charge on any atom is -0.465 e. The second-order valence-electron chi connectivity index (χ2n) is 5.42. The van der Waals surface area contributed by atoms with Gasteiger partial charge in [-0.25, -0.2) is 13.2 Å².